The van der Waals surface area contributed by atoms with E-state index >= 15 is 0 Å². The predicted octanol–water partition coefficient (Wildman–Crippen LogP) is 4.72. The van der Waals surface area contributed by atoms with E-state index in [4.69, 9.17) is 9.47 Å². The van der Waals surface area contributed by atoms with Crippen molar-refractivity contribution in [1.82, 2.24) is 5.32 Å². The summed E-state index contributed by atoms with van der Waals surface area (Å²) < 4.78 is 51.9. The summed E-state index contributed by atoms with van der Waals surface area (Å²) in [4.78, 5) is 23.7. The van der Waals surface area contributed by atoms with Crippen molar-refractivity contribution in [1.29, 1.82) is 0 Å². The molecule has 0 radical (unpaired) electrons. The van der Waals surface area contributed by atoms with Crippen molar-refractivity contribution < 1.29 is 37.3 Å². The number of rotatable bonds is 7. The minimum absolute atomic E-state index is 0.0443. The molecule has 168 valence electrons. The summed E-state index contributed by atoms with van der Waals surface area (Å²) in [5.74, 6) is -1.84. The first-order chi connectivity index (χ1) is 14.3. The number of benzene rings is 2. The van der Waals surface area contributed by atoms with Crippen molar-refractivity contribution in [3.05, 3.63) is 65.7 Å². The van der Waals surface area contributed by atoms with Gasteiger partial charge in [-0.15, -0.1) is 0 Å². The van der Waals surface area contributed by atoms with Gasteiger partial charge in [0.1, 0.15) is 18.0 Å². The fraction of sp³-hybridized carbons (Fsp3) is 0.364. The number of nitrogens with one attached hydrogen (secondary N) is 1. The lowest BCUT2D eigenvalue weighted by Crippen LogP contribution is -2.65. The lowest BCUT2D eigenvalue weighted by atomic mass is 9.90. The van der Waals surface area contributed by atoms with Crippen LogP contribution in [0.1, 0.15) is 31.9 Å². The molecule has 0 aromatic heterocycles. The fourth-order valence-corrected chi connectivity index (χ4v) is 2.69. The van der Waals surface area contributed by atoms with Gasteiger partial charge in [-0.2, -0.15) is 13.2 Å². The molecule has 9 heteroatoms. The highest BCUT2D eigenvalue weighted by Crippen LogP contribution is 2.34. The van der Waals surface area contributed by atoms with Gasteiger partial charge >= 0.3 is 18.2 Å². The van der Waals surface area contributed by atoms with Crippen LogP contribution in [0.25, 0.3) is 0 Å². The Morgan fingerprint density at radius 1 is 0.935 bits per heavy atom. The van der Waals surface area contributed by atoms with Crippen LogP contribution >= 0.6 is 0 Å². The summed E-state index contributed by atoms with van der Waals surface area (Å²) in [6.07, 6.45) is -7.78. The van der Waals surface area contributed by atoms with E-state index in [0.29, 0.717) is 5.75 Å². The van der Waals surface area contributed by atoms with Gasteiger partial charge in [-0.25, -0.2) is 9.59 Å². The number of halogens is 3. The molecule has 0 heterocycles. The Labute approximate surface area is 178 Å². The summed E-state index contributed by atoms with van der Waals surface area (Å²) in [5.41, 5.74) is -3.70. The number of aliphatic carboxylic acids is 1. The molecule has 0 fully saturated rings. The van der Waals surface area contributed by atoms with Crippen LogP contribution in [-0.4, -0.2) is 34.5 Å². The number of alkyl carbamates (subject to hydrolysis) is 1. The molecule has 1 unspecified atom stereocenters. The van der Waals surface area contributed by atoms with E-state index in [0.717, 1.165) is 5.56 Å². The van der Waals surface area contributed by atoms with Crippen LogP contribution in [0.2, 0.25) is 0 Å². The molecule has 2 aromatic carbocycles. The first-order valence-corrected chi connectivity index (χ1v) is 9.39. The monoisotopic (exact) mass is 439 g/mol. The number of amides is 1. The average molecular weight is 439 g/mol. The van der Waals surface area contributed by atoms with Gasteiger partial charge in [-0.05, 0) is 44.0 Å². The highest BCUT2D eigenvalue weighted by molar-refractivity contribution is 5.86. The topological polar surface area (TPSA) is 84.9 Å². The molecular formula is C22H24F3NO5. The van der Waals surface area contributed by atoms with Gasteiger partial charge in [0.15, 0.2) is 0 Å². The van der Waals surface area contributed by atoms with Crippen LogP contribution in [0.15, 0.2) is 54.6 Å². The molecule has 31 heavy (non-hydrogen) atoms. The third kappa shape index (κ3) is 6.63. The summed E-state index contributed by atoms with van der Waals surface area (Å²) in [6, 6.07) is 14.8. The summed E-state index contributed by atoms with van der Waals surface area (Å²) >= 11 is 0. The van der Waals surface area contributed by atoms with E-state index in [1.54, 1.807) is 0 Å². The molecule has 0 aliphatic rings. The van der Waals surface area contributed by atoms with Crippen molar-refractivity contribution >= 4 is 12.1 Å². The number of carboxylic acids is 1. The number of hydrogen-bond acceptors (Lipinski definition) is 4. The molecule has 0 bridgehead atoms. The fourth-order valence-electron chi connectivity index (χ4n) is 2.69. The van der Waals surface area contributed by atoms with Crippen LogP contribution in [0.4, 0.5) is 18.0 Å². The quantitative estimate of drug-likeness (QED) is 0.652. The van der Waals surface area contributed by atoms with Gasteiger partial charge in [0, 0.05) is 6.42 Å². The second kappa shape index (κ2) is 9.28. The van der Waals surface area contributed by atoms with Gasteiger partial charge in [-0.3, -0.25) is 5.32 Å². The lowest BCUT2D eigenvalue weighted by Gasteiger charge is -2.33. The zero-order valence-electron chi connectivity index (χ0n) is 17.3. The summed E-state index contributed by atoms with van der Waals surface area (Å²) in [7, 11) is 0. The molecule has 1 amide bonds. The second-order valence-corrected chi connectivity index (χ2v) is 7.93. The third-order valence-electron chi connectivity index (χ3n) is 4.20. The van der Waals surface area contributed by atoms with Crippen molar-refractivity contribution in [3.8, 4) is 5.75 Å². The minimum Gasteiger partial charge on any atom is -0.489 e. The Morgan fingerprint density at radius 2 is 1.52 bits per heavy atom. The first-order valence-electron chi connectivity index (χ1n) is 9.39. The van der Waals surface area contributed by atoms with Gasteiger partial charge in [-0.1, -0.05) is 42.5 Å². The molecule has 2 aromatic rings. The van der Waals surface area contributed by atoms with E-state index in [2.05, 4.69) is 0 Å². The summed E-state index contributed by atoms with van der Waals surface area (Å²) in [6.45, 7) is 4.63. The van der Waals surface area contributed by atoms with Crippen molar-refractivity contribution in [3.63, 3.8) is 0 Å². The molecule has 1 atom stereocenters. The van der Waals surface area contributed by atoms with Crippen molar-refractivity contribution in [2.75, 3.05) is 0 Å². The van der Waals surface area contributed by atoms with Crippen molar-refractivity contribution in [2.45, 2.75) is 51.1 Å². The maximum absolute atomic E-state index is 13.8. The molecule has 6 nitrogen and oxygen atoms in total. The predicted molar refractivity (Wildman–Crippen MR) is 107 cm³/mol. The van der Waals surface area contributed by atoms with Crippen LogP contribution in [0.5, 0.6) is 5.75 Å². The lowest BCUT2D eigenvalue weighted by molar-refractivity contribution is -0.208. The normalized spacial score (nSPS) is 13.7. The molecule has 0 spiro atoms. The van der Waals surface area contributed by atoms with Crippen LogP contribution in [0.3, 0.4) is 0 Å². The van der Waals surface area contributed by atoms with E-state index < -0.39 is 35.8 Å². The third-order valence-corrected chi connectivity index (χ3v) is 4.20. The van der Waals surface area contributed by atoms with Gasteiger partial charge in [0.25, 0.3) is 0 Å². The zero-order valence-corrected chi connectivity index (χ0v) is 17.3. The van der Waals surface area contributed by atoms with Crippen LogP contribution in [0, 0.1) is 0 Å². The van der Waals surface area contributed by atoms with E-state index in [1.807, 2.05) is 30.3 Å². The maximum atomic E-state index is 13.8. The number of carbonyl (C=O) groups excluding carboxylic acids is 1. The molecule has 0 aliphatic carbocycles. The highest BCUT2D eigenvalue weighted by atomic mass is 19.4. The minimum atomic E-state index is -5.28. The smallest absolute Gasteiger partial charge is 0.422 e. The Kier molecular flexibility index (Phi) is 7.20. The number of hydrogen-bond donors (Lipinski definition) is 2. The van der Waals surface area contributed by atoms with E-state index in [1.165, 1.54) is 50.4 Å². The number of alkyl halides is 3. The van der Waals surface area contributed by atoms with Crippen LogP contribution < -0.4 is 10.1 Å². The molecule has 2 rings (SSSR count). The molecule has 2 N–H and O–H groups in total. The largest absolute Gasteiger partial charge is 0.489 e. The first kappa shape index (κ1) is 24.0. The van der Waals surface area contributed by atoms with Crippen molar-refractivity contribution in [2.24, 2.45) is 0 Å². The number of carboxylic acid groups (broad SMARTS) is 1. The average Bonchev–Trinajstić information content (AvgIpc) is 2.65. The molecule has 0 saturated heterocycles. The van der Waals surface area contributed by atoms with E-state index in [9.17, 15) is 27.9 Å². The standard InChI is InChI=1S/C22H24F3NO5/c1-20(2,3)31-19(29)26-21(18(27)28,22(23,24)25)13-15-9-11-17(12-10-15)30-14-16-7-5-4-6-8-16/h4-12H,13-14H2,1-3H3,(H,26,29)(H,27,28). The Hall–Kier alpha value is -3.23. The maximum Gasteiger partial charge on any atom is 0.422 e. The van der Waals surface area contributed by atoms with E-state index in [-0.39, 0.29) is 12.2 Å². The Bertz CT molecular complexity index is 892. The molecule has 0 aliphatic heterocycles. The highest BCUT2D eigenvalue weighted by Gasteiger charge is 2.62. The van der Waals surface area contributed by atoms with Gasteiger partial charge in [0.2, 0.25) is 5.54 Å². The van der Waals surface area contributed by atoms with Gasteiger partial charge < -0.3 is 14.6 Å². The van der Waals surface area contributed by atoms with Gasteiger partial charge in [0.05, 0.1) is 0 Å². The van der Waals surface area contributed by atoms with Crippen LogP contribution in [-0.2, 0) is 22.6 Å². The number of ether oxygens (including phenoxy) is 2. The zero-order chi connectivity index (χ0) is 23.3. The second-order valence-electron chi connectivity index (χ2n) is 7.93. The number of carbonyl (C=O) groups is 2. The Balaban J connectivity index is 2.19. The SMILES string of the molecule is CC(C)(C)OC(=O)NC(Cc1ccc(OCc2ccccc2)cc1)(C(=O)O)C(F)(F)F. The molecule has 0 saturated carbocycles. The Morgan fingerprint density at radius 3 is 2.00 bits per heavy atom. The summed E-state index contributed by atoms with van der Waals surface area (Å²) in [5, 5.41) is 10.9. The molecular weight excluding hydrogens is 415 g/mol.